The zero-order valence-corrected chi connectivity index (χ0v) is 12.3. The third-order valence-electron chi connectivity index (χ3n) is 2.63. The molecule has 1 heterocycles. The largest absolute Gasteiger partial charge is 0.388 e. The standard InChI is InChI=1S/C13H16BrN3O/c1-13(2,3)17-11(8-18)15-16-12(17)9-5-4-6-10(14)7-9/h4-7,18H,8H2,1-3H3. The first kappa shape index (κ1) is 13.2. The average Bonchev–Trinajstić information content (AvgIpc) is 2.72. The highest BCUT2D eigenvalue weighted by Gasteiger charge is 2.23. The van der Waals surface area contributed by atoms with Crippen LogP contribution in [0.5, 0.6) is 0 Å². The quantitative estimate of drug-likeness (QED) is 0.928. The summed E-state index contributed by atoms with van der Waals surface area (Å²) < 4.78 is 2.96. The second kappa shape index (κ2) is 4.82. The summed E-state index contributed by atoms with van der Waals surface area (Å²) in [6.07, 6.45) is 0. The van der Waals surface area contributed by atoms with Crippen molar-refractivity contribution in [2.45, 2.75) is 32.9 Å². The molecule has 18 heavy (non-hydrogen) atoms. The van der Waals surface area contributed by atoms with Gasteiger partial charge in [0, 0.05) is 15.6 Å². The molecule has 5 heteroatoms. The molecule has 0 saturated carbocycles. The minimum absolute atomic E-state index is 0.113. The lowest BCUT2D eigenvalue weighted by Gasteiger charge is -2.24. The summed E-state index contributed by atoms with van der Waals surface area (Å²) in [6.45, 7) is 6.09. The molecule has 0 atom stereocenters. The molecule has 96 valence electrons. The fourth-order valence-corrected chi connectivity index (χ4v) is 2.34. The maximum absolute atomic E-state index is 9.36. The molecule has 0 aliphatic carbocycles. The van der Waals surface area contributed by atoms with E-state index in [0.29, 0.717) is 5.82 Å². The van der Waals surface area contributed by atoms with Crippen molar-refractivity contribution in [1.82, 2.24) is 14.8 Å². The van der Waals surface area contributed by atoms with Gasteiger partial charge in [0.25, 0.3) is 0 Å². The number of halogens is 1. The summed E-state index contributed by atoms with van der Waals surface area (Å²) in [7, 11) is 0. The van der Waals surface area contributed by atoms with Crippen molar-refractivity contribution in [2.24, 2.45) is 0 Å². The third kappa shape index (κ3) is 2.47. The lowest BCUT2D eigenvalue weighted by atomic mass is 10.1. The number of rotatable bonds is 2. The Morgan fingerprint density at radius 2 is 2.00 bits per heavy atom. The fourth-order valence-electron chi connectivity index (χ4n) is 1.94. The van der Waals surface area contributed by atoms with Crippen LogP contribution >= 0.6 is 15.9 Å². The number of nitrogens with zero attached hydrogens (tertiary/aromatic N) is 3. The summed E-state index contributed by atoms with van der Waals surface area (Å²) in [5.74, 6) is 1.35. The van der Waals surface area contributed by atoms with Crippen LogP contribution in [0.1, 0.15) is 26.6 Å². The molecule has 0 unspecified atom stereocenters. The average molecular weight is 310 g/mol. The van der Waals surface area contributed by atoms with E-state index in [1.54, 1.807) is 0 Å². The maximum atomic E-state index is 9.36. The Balaban J connectivity index is 2.62. The minimum Gasteiger partial charge on any atom is -0.388 e. The van der Waals surface area contributed by atoms with Crippen LogP contribution in [0.15, 0.2) is 28.7 Å². The van der Waals surface area contributed by atoms with Crippen molar-refractivity contribution in [3.63, 3.8) is 0 Å². The van der Waals surface area contributed by atoms with Gasteiger partial charge in [0.1, 0.15) is 6.61 Å². The number of benzene rings is 1. The van der Waals surface area contributed by atoms with Crippen molar-refractivity contribution in [3.05, 3.63) is 34.6 Å². The predicted molar refractivity (Wildman–Crippen MR) is 74.1 cm³/mol. The van der Waals surface area contributed by atoms with Crippen LogP contribution < -0.4 is 0 Å². The highest BCUT2D eigenvalue weighted by Crippen LogP contribution is 2.27. The summed E-state index contributed by atoms with van der Waals surface area (Å²) in [4.78, 5) is 0. The van der Waals surface area contributed by atoms with Crippen LogP contribution in [-0.4, -0.2) is 19.9 Å². The normalized spacial score (nSPS) is 11.8. The number of aromatic nitrogens is 3. The summed E-state index contributed by atoms with van der Waals surface area (Å²) in [5.41, 5.74) is 0.797. The minimum atomic E-state index is -0.181. The highest BCUT2D eigenvalue weighted by molar-refractivity contribution is 9.10. The first-order chi connectivity index (χ1) is 8.43. The van der Waals surface area contributed by atoms with Crippen molar-refractivity contribution in [1.29, 1.82) is 0 Å². The number of aliphatic hydroxyl groups excluding tert-OH is 1. The molecule has 4 nitrogen and oxygen atoms in total. The third-order valence-corrected chi connectivity index (χ3v) is 3.12. The van der Waals surface area contributed by atoms with Gasteiger partial charge in [-0.2, -0.15) is 0 Å². The molecule has 0 fully saturated rings. The Labute approximate surface area is 115 Å². The molecular formula is C13H16BrN3O. The van der Waals surface area contributed by atoms with Crippen LogP contribution in [0.3, 0.4) is 0 Å². The highest BCUT2D eigenvalue weighted by atomic mass is 79.9. The van der Waals surface area contributed by atoms with Gasteiger partial charge in [-0.15, -0.1) is 10.2 Å². The Hall–Kier alpha value is -1.20. The second-order valence-electron chi connectivity index (χ2n) is 5.11. The van der Waals surface area contributed by atoms with Gasteiger partial charge in [-0.1, -0.05) is 28.1 Å². The zero-order valence-electron chi connectivity index (χ0n) is 10.7. The predicted octanol–water partition coefficient (Wildman–Crippen LogP) is 2.95. The molecule has 1 aromatic carbocycles. The smallest absolute Gasteiger partial charge is 0.164 e. The SMILES string of the molecule is CC(C)(C)n1c(CO)nnc1-c1cccc(Br)c1. The van der Waals surface area contributed by atoms with Crippen LogP contribution in [0.25, 0.3) is 11.4 Å². The Morgan fingerprint density at radius 3 is 2.56 bits per heavy atom. The molecule has 0 saturated heterocycles. The van der Waals surface area contributed by atoms with E-state index in [4.69, 9.17) is 0 Å². The van der Waals surface area contributed by atoms with E-state index in [-0.39, 0.29) is 12.1 Å². The van der Waals surface area contributed by atoms with E-state index in [1.165, 1.54) is 0 Å². The van der Waals surface area contributed by atoms with Gasteiger partial charge >= 0.3 is 0 Å². The van der Waals surface area contributed by atoms with Gasteiger partial charge in [-0.05, 0) is 32.9 Å². The van der Waals surface area contributed by atoms with E-state index in [1.807, 2.05) is 28.8 Å². The monoisotopic (exact) mass is 309 g/mol. The maximum Gasteiger partial charge on any atom is 0.164 e. The molecule has 0 bridgehead atoms. The Morgan fingerprint density at radius 1 is 1.28 bits per heavy atom. The van der Waals surface area contributed by atoms with Gasteiger partial charge in [-0.3, -0.25) is 0 Å². The number of hydrogen-bond donors (Lipinski definition) is 1. The van der Waals surface area contributed by atoms with E-state index < -0.39 is 0 Å². The van der Waals surface area contributed by atoms with Crippen molar-refractivity contribution < 1.29 is 5.11 Å². The molecule has 0 aliphatic heterocycles. The number of hydrogen-bond acceptors (Lipinski definition) is 3. The molecule has 0 spiro atoms. The van der Waals surface area contributed by atoms with E-state index in [2.05, 4.69) is 46.9 Å². The lowest BCUT2D eigenvalue weighted by Crippen LogP contribution is -2.25. The van der Waals surface area contributed by atoms with Gasteiger partial charge in [-0.25, -0.2) is 0 Å². The van der Waals surface area contributed by atoms with Crippen molar-refractivity contribution in [2.75, 3.05) is 0 Å². The fraction of sp³-hybridized carbons (Fsp3) is 0.385. The molecule has 1 aromatic heterocycles. The molecule has 0 radical (unpaired) electrons. The first-order valence-corrected chi connectivity index (χ1v) is 6.54. The van der Waals surface area contributed by atoms with E-state index in [9.17, 15) is 5.11 Å². The molecule has 0 aliphatic rings. The van der Waals surface area contributed by atoms with Crippen LogP contribution in [0, 0.1) is 0 Å². The van der Waals surface area contributed by atoms with E-state index in [0.717, 1.165) is 15.9 Å². The number of aliphatic hydroxyl groups is 1. The molecule has 0 amide bonds. The molecule has 2 aromatic rings. The first-order valence-electron chi connectivity index (χ1n) is 5.75. The van der Waals surface area contributed by atoms with Crippen molar-refractivity contribution in [3.8, 4) is 11.4 Å². The van der Waals surface area contributed by atoms with Gasteiger partial charge in [0.05, 0.1) is 0 Å². The van der Waals surface area contributed by atoms with Crippen molar-refractivity contribution >= 4 is 15.9 Å². The molecular weight excluding hydrogens is 294 g/mol. The topological polar surface area (TPSA) is 50.9 Å². The molecule has 1 N–H and O–H groups in total. The van der Waals surface area contributed by atoms with Crippen LogP contribution in [0.4, 0.5) is 0 Å². The van der Waals surface area contributed by atoms with Gasteiger partial charge < -0.3 is 9.67 Å². The van der Waals surface area contributed by atoms with Gasteiger partial charge in [0.2, 0.25) is 0 Å². The summed E-state index contributed by atoms with van der Waals surface area (Å²) in [5, 5.41) is 17.6. The summed E-state index contributed by atoms with van der Waals surface area (Å²) >= 11 is 3.45. The lowest BCUT2D eigenvalue weighted by molar-refractivity contribution is 0.250. The van der Waals surface area contributed by atoms with Gasteiger partial charge in [0.15, 0.2) is 11.6 Å². The van der Waals surface area contributed by atoms with E-state index >= 15 is 0 Å². The zero-order chi connectivity index (χ0) is 13.3. The van der Waals surface area contributed by atoms with Crippen LogP contribution in [0.2, 0.25) is 0 Å². The molecule has 2 rings (SSSR count). The van der Waals surface area contributed by atoms with Crippen LogP contribution in [-0.2, 0) is 12.1 Å². The Bertz CT molecular complexity index is 558. The Kier molecular flexibility index (Phi) is 3.54. The second-order valence-corrected chi connectivity index (χ2v) is 6.03. The summed E-state index contributed by atoms with van der Waals surface area (Å²) in [6, 6.07) is 7.90.